The number of amides is 1. The first-order chi connectivity index (χ1) is 14.2. The summed E-state index contributed by atoms with van der Waals surface area (Å²) in [6.45, 7) is 7.78. The quantitative estimate of drug-likeness (QED) is 0.706. The van der Waals surface area contributed by atoms with Gasteiger partial charge in [0.15, 0.2) is 0 Å². The van der Waals surface area contributed by atoms with E-state index in [1.54, 1.807) is 20.8 Å². The number of likely N-dealkylation sites (tertiary alicyclic amines) is 1. The van der Waals surface area contributed by atoms with Crippen LogP contribution in [0.25, 0.3) is 10.9 Å². The molecule has 0 radical (unpaired) electrons. The molecule has 1 aromatic carbocycles. The molecule has 0 aliphatic carbocycles. The van der Waals surface area contributed by atoms with E-state index in [0.29, 0.717) is 18.9 Å². The lowest BCUT2D eigenvalue weighted by molar-refractivity contribution is -0.148. The van der Waals surface area contributed by atoms with Crippen LogP contribution in [0.5, 0.6) is 0 Å². The molecule has 0 bridgehead atoms. The number of hydrogen-bond acceptors (Lipinski definition) is 5. The van der Waals surface area contributed by atoms with Gasteiger partial charge >= 0.3 is 12.1 Å². The van der Waals surface area contributed by atoms with E-state index in [4.69, 9.17) is 9.47 Å². The molecule has 2 heterocycles. The van der Waals surface area contributed by atoms with Gasteiger partial charge in [0.05, 0.1) is 6.61 Å². The van der Waals surface area contributed by atoms with Crippen LogP contribution in [0.3, 0.4) is 0 Å². The number of para-hydroxylation sites is 1. The summed E-state index contributed by atoms with van der Waals surface area (Å²) in [5.41, 5.74) is 1.29. The fourth-order valence-electron chi connectivity index (χ4n) is 3.69. The average Bonchev–Trinajstić information content (AvgIpc) is 3.08. The van der Waals surface area contributed by atoms with Crippen LogP contribution in [0.1, 0.15) is 39.2 Å². The van der Waals surface area contributed by atoms with E-state index in [1.165, 1.54) is 0 Å². The van der Waals surface area contributed by atoms with Crippen molar-refractivity contribution in [2.75, 3.05) is 26.7 Å². The molecule has 2 aromatic rings. The van der Waals surface area contributed by atoms with Gasteiger partial charge in [0.25, 0.3) is 0 Å². The van der Waals surface area contributed by atoms with Crippen molar-refractivity contribution >= 4 is 23.0 Å². The van der Waals surface area contributed by atoms with Crippen molar-refractivity contribution in [3.8, 4) is 0 Å². The van der Waals surface area contributed by atoms with E-state index >= 15 is 0 Å². The van der Waals surface area contributed by atoms with Crippen LogP contribution in [-0.4, -0.2) is 60.3 Å². The molecule has 1 amide bonds. The van der Waals surface area contributed by atoms with Crippen molar-refractivity contribution in [2.45, 2.75) is 51.7 Å². The Morgan fingerprint density at radius 1 is 1.23 bits per heavy atom. The van der Waals surface area contributed by atoms with E-state index in [-0.39, 0.29) is 0 Å². The summed E-state index contributed by atoms with van der Waals surface area (Å²) < 4.78 is 11.0. The Hall–Kier alpha value is -2.54. The van der Waals surface area contributed by atoms with E-state index in [9.17, 15) is 9.59 Å². The summed E-state index contributed by atoms with van der Waals surface area (Å²) in [5, 5.41) is 3.74. The molecule has 2 N–H and O–H groups in total. The van der Waals surface area contributed by atoms with Gasteiger partial charge in [-0.3, -0.25) is 0 Å². The highest BCUT2D eigenvalue weighted by molar-refractivity contribution is 5.86. The zero-order valence-corrected chi connectivity index (χ0v) is 18.4. The van der Waals surface area contributed by atoms with Crippen molar-refractivity contribution < 1.29 is 19.1 Å². The second-order valence-corrected chi connectivity index (χ2v) is 9.14. The van der Waals surface area contributed by atoms with Gasteiger partial charge in [-0.2, -0.15) is 0 Å². The number of nitrogens with zero attached hydrogens (tertiary/aromatic N) is 1. The number of H-pyrrole nitrogens is 1. The summed E-state index contributed by atoms with van der Waals surface area (Å²) in [5.74, 6) is -0.0644. The van der Waals surface area contributed by atoms with Crippen molar-refractivity contribution in [3.05, 3.63) is 36.0 Å². The van der Waals surface area contributed by atoms with E-state index < -0.39 is 23.7 Å². The number of carbonyl (C=O) groups is 2. The molecule has 1 atom stereocenters. The van der Waals surface area contributed by atoms with Gasteiger partial charge in [-0.1, -0.05) is 18.2 Å². The fraction of sp³-hybridized carbons (Fsp3) is 0.565. The van der Waals surface area contributed by atoms with Crippen LogP contribution in [-0.2, 0) is 20.7 Å². The van der Waals surface area contributed by atoms with Crippen LogP contribution in [0.4, 0.5) is 4.79 Å². The predicted octanol–water partition coefficient (Wildman–Crippen LogP) is 3.49. The first kappa shape index (κ1) is 22.2. The number of aromatic amines is 1. The average molecular weight is 416 g/mol. The smallest absolute Gasteiger partial charge is 0.408 e. The fourth-order valence-corrected chi connectivity index (χ4v) is 3.69. The lowest BCUT2D eigenvalue weighted by Crippen LogP contribution is -2.46. The number of benzene rings is 1. The minimum Gasteiger partial charge on any atom is -0.464 e. The molecule has 1 aromatic heterocycles. The number of fused-ring (bicyclic) bond motifs is 1. The number of rotatable bonds is 6. The number of esters is 1. The summed E-state index contributed by atoms with van der Waals surface area (Å²) in [4.78, 5) is 30.7. The van der Waals surface area contributed by atoms with Crippen molar-refractivity contribution in [1.29, 1.82) is 0 Å². The Kier molecular flexibility index (Phi) is 7.02. The molecular formula is C23H33N3O4. The summed E-state index contributed by atoms with van der Waals surface area (Å²) in [6, 6.07) is 7.07. The second kappa shape index (κ2) is 9.51. The third kappa shape index (κ3) is 6.23. The molecule has 1 aliphatic rings. The largest absolute Gasteiger partial charge is 0.464 e. The number of carbonyl (C=O) groups excluding carboxylic acids is 2. The SMILES string of the molecule is CN1CCC(COC(=O)[C@H](Cc2c[nH]c3ccccc23)NC(=O)OC(C)(C)C)CC1. The molecular weight excluding hydrogens is 382 g/mol. The predicted molar refractivity (Wildman–Crippen MR) is 116 cm³/mol. The minimum absolute atomic E-state index is 0.329. The molecule has 1 saturated heterocycles. The number of aromatic nitrogens is 1. The third-order valence-electron chi connectivity index (χ3n) is 5.37. The van der Waals surface area contributed by atoms with Gasteiger partial charge in [-0.25, -0.2) is 9.59 Å². The number of piperidine rings is 1. The molecule has 164 valence electrons. The molecule has 0 saturated carbocycles. The zero-order valence-electron chi connectivity index (χ0n) is 18.4. The Bertz CT molecular complexity index is 863. The van der Waals surface area contributed by atoms with E-state index in [0.717, 1.165) is 42.4 Å². The second-order valence-electron chi connectivity index (χ2n) is 9.14. The lowest BCUT2D eigenvalue weighted by atomic mass is 9.98. The molecule has 0 unspecified atom stereocenters. The summed E-state index contributed by atoms with van der Waals surface area (Å²) >= 11 is 0. The number of nitrogens with one attached hydrogen (secondary N) is 2. The molecule has 30 heavy (non-hydrogen) atoms. The highest BCUT2D eigenvalue weighted by Gasteiger charge is 2.28. The lowest BCUT2D eigenvalue weighted by Gasteiger charge is -2.29. The maximum atomic E-state index is 12.9. The highest BCUT2D eigenvalue weighted by atomic mass is 16.6. The van der Waals surface area contributed by atoms with E-state index in [1.807, 2.05) is 30.5 Å². The van der Waals surface area contributed by atoms with Crippen LogP contribution >= 0.6 is 0 Å². The Morgan fingerprint density at radius 2 is 1.93 bits per heavy atom. The van der Waals surface area contributed by atoms with Crippen molar-refractivity contribution in [3.63, 3.8) is 0 Å². The van der Waals surface area contributed by atoms with Gasteiger partial charge in [-0.15, -0.1) is 0 Å². The molecule has 7 nitrogen and oxygen atoms in total. The van der Waals surface area contributed by atoms with Gasteiger partial charge in [0.1, 0.15) is 11.6 Å². The minimum atomic E-state index is -0.815. The topological polar surface area (TPSA) is 83.7 Å². The summed E-state index contributed by atoms with van der Waals surface area (Å²) in [6.07, 6.45) is 3.60. The number of ether oxygens (including phenoxy) is 2. The van der Waals surface area contributed by atoms with Gasteiger partial charge in [0.2, 0.25) is 0 Å². The van der Waals surface area contributed by atoms with Gasteiger partial charge in [0, 0.05) is 23.5 Å². The van der Waals surface area contributed by atoms with Gasteiger partial charge in [-0.05, 0) is 71.3 Å². The van der Waals surface area contributed by atoms with Crippen LogP contribution < -0.4 is 5.32 Å². The highest BCUT2D eigenvalue weighted by Crippen LogP contribution is 2.21. The van der Waals surface area contributed by atoms with Gasteiger partial charge < -0.3 is 24.7 Å². The maximum absolute atomic E-state index is 12.9. The van der Waals surface area contributed by atoms with Crippen LogP contribution in [0.2, 0.25) is 0 Å². The summed E-state index contributed by atoms with van der Waals surface area (Å²) in [7, 11) is 2.10. The Morgan fingerprint density at radius 3 is 2.63 bits per heavy atom. The maximum Gasteiger partial charge on any atom is 0.408 e. The van der Waals surface area contributed by atoms with Crippen molar-refractivity contribution in [1.82, 2.24) is 15.2 Å². The Labute approximate surface area is 178 Å². The Balaban J connectivity index is 1.68. The van der Waals surface area contributed by atoms with Crippen LogP contribution in [0, 0.1) is 5.92 Å². The molecule has 1 fully saturated rings. The van der Waals surface area contributed by atoms with Crippen LogP contribution in [0.15, 0.2) is 30.5 Å². The molecule has 7 heteroatoms. The first-order valence-corrected chi connectivity index (χ1v) is 10.6. The normalized spacial score (nSPS) is 16.9. The standard InChI is InChI=1S/C23H33N3O4/c1-23(2,3)30-22(28)25-20(13-17-14-24-19-8-6-5-7-18(17)19)21(27)29-15-16-9-11-26(4)12-10-16/h5-8,14,16,20,24H,9-13,15H2,1-4H3,(H,25,28)/t20-/m0/s1. The third-order valence-corrected chi connectivity index (χ3v) is 5.37. The number of hydrogen-bond donors (Lipinski definition) is 2. The van der Waals surface area contributed by atoms with Crippen molar-refractivity contribution in [2.24, 2.45) is 5.92 Å². The molecule has 3 rings (SSSR count). The molecule has 0 spiro atoms. The zero-order chi connectivity index (χ0) is 21.7. The van der Waals surface area contributed by atoms with E-state index in [2.05, 4.69) is 22.2 Å². The molecule has 1 aliphatic heterocycles. The number of alkyl carbamates (subject to hydrolysis) is 1. The first-order valence-electron chi connectivity index (χ1n) is 10.6. The monoisotopic (exact) mass is 415 g/mol.